The van der Waals surface area contributed by atoms with Gasteiger partial charge in [-0.1, -0.05) is 50.2 Å². The summed E-state index contributed by atoms with van der Waals surface area (Å²) in [5, 5.41) is 12.8. The molecule has 4 N–H and O–H groups in total. The molecule has 25 heteroatoms. The third-order valence-corrected chi connectivity index (χ3v) is 20.5. The molecular weight excluding hydrogens is 1400 g/mol. The normalized spacial score (nSPS) is 17.0. The Morgan fingerprint density at radius 2 is 0.862 bits per heavy atom. The molecule has 25 nitrogen and oxygen atoms in total. The predicted octanol–water partition coefficient (Wildman–Crippen LogP) is 11.5. The lowest BCUT2D eigenvalue weighted by Gasteiger charge is -2.38. The van der Waals surface area contributed by atoms with Gasteiger partial charge in [0.2, 0.25) is 29.2 Å². The van der Waals surface area contributed by atoms with Gasteiger partial charge in [-0.2, -0.15) is 0 Å². The van der Waals surface area contributed by atoms with Gasteiger partial charge in [-0.3, -0.25) is 24.2 Å². The highest BCUT2D eigenvalue weighted by atomic mass is 16.5. The molecule has 0 spiro atoms. The number of amides is 3. The molecule has 0 radical (unpaired) electrons. The highest BCUT2D eigenvalue weighted by molar-refractivity contribution is 5.91. The Kier molecular flexibility index (Phi) is 34.6. The number of aryl methyl sites for hydroxylation is 2. The molecule has 0 aliphatic carbocycles. The zero-order chi connectivity index (χ0) is 78.2. The summed E-state index contributed by atoms with van der Waals surface area (Å²) in [6.45, 7) is 14.7. The Morgan fingerprint density at radius 1 is 0.459 bits per heavy atom. The van der Waals surface area contributed by atoms with E-state index in [0.29, 0.717) is 111 Å². The Morgan fingerprint density at radius 3 is 1.28 bits per heavy atom. The first kappa shape index (κ1) is 85.2. The maximum absolute atomic E-state index is 14.4. The van der Waals surface area contributed by atoms with E-state index in [4.69, 9.17) is 72.0 Å². The van der Waals surface area contributed by atoms with Crippen LogP contribution in [0.25, 0.3) is 0 Å². The van der Waals surface area contributed by atoms with Gasteiger partial charge < -0.3 is 92.3 Å². The van der Waals surface area contributed by atoms with E-state index in [-0.39, 0.29) is 29.8 Å². The molecule has 4 aliphatic heterocycles. The van der Waals surface area contributed by atoms with Crippen LogP contribution in [0.5, 0.6) is 69.0 Å². The number of hydrogen-bond donors (Lipinski definition) is 3. The first-order valence-corrected chi connectivity index (χ1v) is 38.0. The number of benzene rings is 6. The number of methoxy groups -OCH3 is 10. The number of carbonyl (C=O) groups excluding carboxylic acids is 3. The lowest BCUT2D eigenvalue weighted by Crippen LogP contribution is -2.53. The second-order valence-corrected chi connectivity index (χ2v) is 27.1. The van der Waals surface area contributed by atoms with E-state index in [9.17, 15) is 24.3 Å². The van der Waals surface area contributed by atoms with Gasteiger partial charge in [0.1, 0.15) is 36.8 Å². The van der Waals surface area contributed by atoms with E-state index in [1.54, 1.807) is 66.8 Å². The number of carboxylic acids is 1. The van der Waals surface area contributed by atoms with Crippen LogP contribution < -0.4 is 67.9 Å². The largest absolute Gasteiger partial charge is 0.493 e. The Hall–Kier alpha value is -9.40. The number of carboxylic acid groups (broad SMARTS) is 1. The van der Waals surface area contributed by atoms with Crippen molar-refractivity contribution in [2.24, 2.45) is 5.73 Å². The van der Waals surface area contributed by atoms with Gasteiger partial charge in [0.15, 0.2) is 46.0 Å². The van der Waals surface area contributed by atoms with Crippen molar-refractivity contribution >= 4 is 23.7 Å². The SMILES string of the molecule is CC[C@H](C(=O)N1CCCC[C@H]1C(=O)N[C@H](CCc1ccc(OC)c(OC)c1)c1cccc(OCCN2CCOCC2)c1)c1cc(OC)c(OC)c(OC)c1.CC[C@H](C(=O)N1CCCC[C@H]1C(=O)O)c1cc(OC)c(OC)c(OC)c1.COc1ccc(CC[C@@H](N)c2cccc(OCCN3CCOCC3)c2)cc1OC. The minimum Gasteiger partial charge on any atom is -0.493 e. The number of aliphatic carboxylic acids is 1. The van der Waals surface area contributed by atoms with Crippen molar-refractivity contribution in [3.05, 3.63) is 143 Å². The van der Waals surface area contributed by atoms with Crippen LogP contribution in [-0.4, -0.2) is 224 Å². The molecule has 0 saturated carbocycles. The standard InChI is InChI=1S/C42H57N3O9.C23H32N2O4.C19H27NO6/c1-7-33(31-27-38(50-4)40(52-6)39(28-31)51-5)42(47)45-18-9-8-13-35(45)41(46)43-34(16-14-29-15-17-36(48-2)37(25-29)49-3)30-11-10-12-32(26-30)54-24-21-44-19-22-53-23-20-44;1-26-22-9-7-18(16-23(22)27-2)6-8-21(24)19-4-3-5-20(17-19)29-15-12-25-10-13-28-14-11-25;1-5-13(18(21)20-9-7-6-8-14(20)19(22)23)12-10-15(24-2)17(26-4)16(11-12)25-3/h10-12,15,17,25-28,33-35H,7-9,13-14,16,18-24H2,1-6H3,(H,43,46);3-5,7,9,16-17,21H,6,8,10-15,24H2,1-2H3;10-11,13-14H,5-9H2,1-4H3,(H,22,23)/t33-,34+,35-;21-;13-,14-/m010/s1. The summed E-state index contributed by atoms with van der Waals surface area (Å²) in [7, 11) is 15.8. The molecule has 4 heterocycles. The topological polar surface area (TPSA) is 269 Å². The molecule has 10 rings (SSSR count). The highest BCUT2D eigenvalue weighted by Crippen LogP contribution is 2.44. The van der Waals surface area contributed by atoms with E-state index in [1.165, 1.54) is 31.8 Å². The molecule has 0 aromatic heterocycles. The van der Waals surface area contributed by atoms with Crippen LogP contribution >= 0.6 is 0 Å². The van der Waals surface area contributed by atoms with Gasteiger partial charge >= 0.3 is 5.97 Å². The summed E-state index contributed by atoms with van der Waals surface area (Å²) in [4.78, 5) is 61.5. The molecule has 109 heavy (non-hydrogen) atoms. The molecule has 6 aromatic rings. The summed E-state index contributed by atoms with van der Waals surface area (Å²) < 4.78 is 77.5. The molecular formula is C84H116N6O19. The van der Waals surface area contributed by atoms with Crippen molar-refractivity contribution in [1.82, 2.24) is 24.9 Å². The zero-order valence-electron chi connectivity index (χ0n) is 65.9. The predicted molar refractivity (Wildman–Crippen MR) is 417 cm³/mol. The van der Waals surface area contributed by atoms with E-state index < -0.39 is 29.9 Å². The highest BCUT2D eigenvalue weighted by Gasteiger charge is 2.39. The fourth-order valence-electron chi connectivity index (χ4n) is 14.4. The number of piperidine rings is 2. The van der Waals surface area contributed by atoms with Crippen LogP contribution in [-0.2, 0) is 41.5 Å². The minimum absolute atomic E-state index is 0.0501. The summed E-state index contributed by atoms with van der Waals surface area (Å²) >= 11 is 0. The van der Waals surface area contributed by atoms with Crippen molar-refractivity contribution in [2.45, 2.75) is 127 Å². The van der Waals surface area contributed by atoms with Crippen LogP contribution in [0, 0.1) is 0 Å². The van der Waals surface area contributed by atoms with Gasteiger partial charge in [0.25, 0.3) is 0 Å². The van der Waals surface area contributed by atoms with E-state index in [0.717, 1.165) is 155 Å². The molecule has 4 aliphatic rings. The van der Waals surface area contributed by atoms with Crippen LogP contribution in [0.15, 0.2) is 109 Å². The monoisotopic (exact) mass is 1510 g/mol. The number of morpholine rings is 2. The molecule has 0 unspecified atom stereocenters. The van der Waals surface area contributed by atoms with Gasteiger partial charge in [-0.25, -0.2) is 4.79 Å². The van der Waals surface area contributed by atoms with Crippen LogP contribution in [0.1, 0.15) is 135 Å². The van der Waals surface area contributed by atoms with Gasteiger partial charge in [-0.05, 0) is 183 Å². The fourth-order valence-corrected chi connectivity index (χ4v) is 14.4. The number of likely N-dealkylation sites (tertiary alicyclic amines) is 2. The molecule has 0 bridgehead atoms. The van der Waals surface area contributed by atoms with Gasteiger partial charge in [0, 0.05) is 58.4 Å². The van der Waals surface area contributed by atoms with Crippen molar-refractivity contribution < 1.29 is 90.6 Å². The Balaban J connectivity index is 0.000000228. The van der Waals surface area contributed by atoms with Crippen molar-refractivity contribution in [2.75, 3.05) is 163 Å². The second-order valence-electron chi connectivity index (χ2n) is 27.1. The summed E-state index contributed by atoms with van der Waals surface area (Å²) in [6, 6.07) is 33.4. The third-order valence-electron chi connectivity index (χ3n) is 20.5. The first-order chi connectivity index (χ1) is 53.0. The Bertz CT molecular complexity index is 3780. The van der Waals surface area contributed by atoms with Crippen LogP contribution in [0.4, 0.5) is 0 Å². The summed E-state index contributed by atoms with van der Waals surface area (Å²) in [5.41, 5.74) is 12.2. The van der Waals surface area contributed by atoms with Gasteiger partial charge in [0.05, 0.1) is 115 Å². The van der Waals surface area contributed by atoms with Crippen molar-refractivity contribution in [3.8, 4) is 69.0 Å². The maximum atomic E-state index is 14.4. The average Bonchev–Trinajstić information content (AvgIpc) is 0.795. The van der Waals surface area contributed by atoms with Crippen molar-refractivity contribution in [1.29, 1.82) is 0 Å². The number of ether oxygens (including phenoxy) is 14. The zero-order valence-corrected chi connectivity index (χ0v) is 65.9. The number of nitrogens with two attached hydrogens (primary N) is 1. The van der Waals surface area contributed by atoms with Crippen LogP contribution in [0.3, 0.4) is 0 Å². The van der Waals surface area contributed by atoms with E-state index in [1.807, 2.05) is 92.7 Å². The number of rotatable bonds is 35. The van der Waals surface area contributed by atoms with Crippen LogP contribution in [0.2, 0.25) is 0 Å². The Labute approximate surface area is 643 Å². The molecule has 6 aromatic carbocycles. The van der Waals surface area contributed by atoms with E-state index in [2.05, 4.69) is 33.3 Å². The maximum Gasteiger partial charge on any atom is 0.326 e. The van der Waals surface area contributed by atoms with E-state index >= 15 is 0 Å². The molecule has 3 amide bonds. The molecule has 4 saturated heterocycles. The summed E-state index contributed by atoms with van der Waals surface area (Å²) in [5.74, 6) is 4.90. The third kappa shape index (κ3) is 23.8. The second kappa shape index (κ2) is 44.3. The number of nitrogens with zero attached hydrogens (tertiary/aromatic N) is 4. The average molecular weight is 1510 g/mol. The van der Waals surface area contributed by atoms with Crippen molar-refractivity contribution in [3.63, 3.8) is 0 Å². The number of nitrogens with one attached hydrogen (secondary N) is 1. The molecule has 4 fully saturated rings. The lowest BCUT2D eigenvalue weighted by atomic mass is 9.91. The number of carbonyl (C=O) groups is 4. The van der Waals surface area contributed by atoms with Gasteiger partial charge in [-0.15, -0.1) is 0 Å². The number of hydrogen-bond acceptors (Lipinski definition) is 21. The smallest absolute Gasteiger partial charge is 0.326 e. The molecule has 596 valence electrons. The minimum atomic E-state index is -0.946. The molecule has 6 atom stereocenters. The fraction of sp³-hybridized carbons (Fsp3) is 0.524. The first-order valence-electron chi connectivity index (χ1n) is 38.0. The summed E-state index contributed by atoms with van der Waals surface area (Å²) in [6.07, 6.45) is 8.46. The quantitative estimate of drug-likeness (QED) is 0.0334. The lowest BCUT2D eigenvalue weighted by molar-refractivity contribution is -0.152.